The normalized spacial score (nSPS) is 10.6. The fourth-order valence-electron chi connectivity index (χ4n) is 1.86. The number of halogens is 2. The van der Waals surface area contributed by atoms with Gasteiger partial charge in [-0.2, -0.15) is 0 Å². The smallest absolute Gasteiger partial charge is 0.185 e. The lowest BCUT2D eigenvalue weighted by Crippen LogP contribution is -1.97. The van der Waals surface area contributed by atoms with Crippen LogP contribution < -0.4 is 4.74 Å². The van der Waals surface area contributed by atoms with Crippen LogP contribution in [0.4, 0.5) is 0 Å². The molecule has 0 aliphatic heterocycles. The van der Waals surface area contributed by atoms with Gasteiger partial charge in [0.1, 0.15) is 12.4 Å². The van der Waals surface area contributed by atoms with Crippen LogP contribution in [-0.2, 0) is 0 Å². The van der Waals surface area contributed by atoms with Crippen molar-refractivity contribution in [3.63, 3.8) is 0 Å². The minimum absolute atomic E-state index is 0.0497. The molecule has 0 spiro atoms. The summed E-state index contributed by atoms with van der Waals surface area (Å²) in [6.45, 7) is 4.04. The molecule has 2 rings (SSSR count). The van der Waals surface area contributed by atoms with Crippen LogP contribution in [0.1, 0.15) is 15.9 Å². The number of ether oxygens (including phenoxy) is 1. The lowest BCUT2D eigenvalue weighted by molar-refractivity contribution is 0.104. The zero-order valence-corrected chi connectivity index (χ0v) is 14.9. The average Bonchev–Trinajstić information content (AvgIpc) is 2.52. The molecule has 22 heavy (non-hydrogen) atoms. The van der Waals surface area contributed by atoms with Crippen molar-refractivity contribution in [2.75, 3.05) is 6.61 Å². The van der Waals surface area contributed by atoms with E-state index in [0.29, 0.717) is 17.9 Å². The number of carbonyl (C=O) groups excluding carboxylic acids is 1. The van der Waals surface area contributed by atoms with Crippen LogP contribution in [0.5, 0.6) is 5.75 Å². The predicted molar refractivity (Wildman–Crippen MR) is 97.3 cm³/mol. The van der Waals surface area contributed by atoms with Gasteiger partial charge in [-0.15, -0.1) is 0 Å². The van der Waals surface area contributed by atoms with E-state index in [1.807, 2.05) is 30.3 Å². The first-order valence-electron chi connectivity index (χ1n) is 6.62. The van der Waals surface area contributed by atoms with Gasteiger partial charge in [0.05, 0.1) is 4.47 Å². The predicted octanol–water partition coefficient (Wildman–Crippen LogP) is 5.67. The number of hydrogen-bond acceptors (Lipinski definition) is 2. The van der Waals surface area contributed by atoms with Gasteiger partial charge < -0.3 is 4.74 Å². The Labute approximate surface area is 146 Å². The van der Waals surface area contributed by atoms with Crippen molar-refractivity contribution >= 4 is 43.7 Å². The van der Waals surface area contributed by atoms with Crippen LogP contribution in [0.2, 0.25) is 0 Å². The summed E-state index contributed by atoms with van der Waals surface area (Å²) in [6, 6.07) is 12.9. The van der Waals surface area contributed by atoms with E-state index in [9.17, 15) is 4.79 Å². The van der Waals surface area contributed by atoms with Gasteiger partial charge in [0.25, 0.3) is 0 Å². The number of rotatable bonds is 6. The van der Waals surface area contributed by atoms with Crippen LogP contribution >= 0.6 is 31.9 Å². The number of ketones is 1. The van der Waals surface area contributed by atoms with Gasteiger partial charge in [-0.25, -0.2) is 0 Å². The third kappa shape index (κ3) is 4.42. The molecule has 2 aromatic carbocycles. The molecule has 0 heterocycles. The van der Waals surface area contributed by atoms with E-state index in [2.05, 4.69) is 38.4 Å². The Morgan fingerprint density at radius 1 is 1.18 bits per heavy atom. The maximum Gasteiger partial charge on any atom is 0.185 e. The second-order valence-electron chi connectivity index (χ2n) is 4.47. The fraction of sp³-hybridized carbons (Fsp3) is 0.0556. The third-order valence-electron chi connectivity index (χ3n) is 2.86. The third-order valence-corrected chi connectivity index (χ3v) is 3.90. The van der Waals surface area contributed by atoms with Crippen molar-refractivity contribution in [1.82, 2.24) is 0 Å². The Balaban J connectivity index is 2.29. The summed E-state index contributed by atoms with van der Waals surface area (Å²) in [4.78, 5) is 12.1. The van der Waals surface area contributed by atoms with Crippen LogP contribution in [0, 0.1) is 0 Å². The molecule has 0 atom stereocenters. The number of carbonyl (C=O) groups is 1. The molecular formula is C18H14Br2O2. The zero-order valence-electron chi connectivity index (χ0n) is 11.8. The molecular weight excluding hydrogens is 408 g/mol. The second-order valence-corrected chi connectivity index (χ2v) is 6.24. The molecule has 0 bridgehead atoms. The van der Waals surface area contributed by atoms with Crippen molar-refractivity contribution in [3.8, 4) is 5.75 Å². The van der Waals surface area contributed by atoms with Gasteiger partial charge in [-0.05, 0) is 40.2 Å². The molecule has 0 aliphatic rings. The van der Waals surface area contributed by atoms with E-state index in [1.54, 1.807) is 30.4 Å². The Hall–Kier alpha value is -1.65. The highest BCUT2D eigenvalue weighted by Gasteiger charge is 2.09. The van der Waals surface area contributed by atoms with Crippen molar-refractivity contribution in [1.29, 1.82) is 0 Å². The molecule has 0 saturated carbocycles. The lowest BCUT2D eigenvalue weighted by Gasteiger charge is -2.10. The minimum atomic E-state index is -0.0497. The number of hydrogen-bond donors (Lipinski definition) is 0. The van der Waals surface area contributed by atoms with Gasteiger partial charge in [-0.1, -0.05) is 58.9 Å². The van der Waals surface area contributed by atoms with Crippen molar-refractivity contribution in [3.05, 3.63) is 81.3 Å². The molecule has 4 heteroatoms. The highest BCUT2D eigenvalue weighted by atomic mass is 79.9. The summed E-state index contributed by atoms with van der Waals surface area (Å²) in [5.74, 6) is 0.631. The van der Waals surface area contributed by atoms with Crippen LogP contribution in [0.15, 0.2) is 70.1 Å². The van der Waals surface area contributed by atoms with Crippen molar-refractivity contribution < 1.29 is 9.53 Å². The van der Waals surface area contributed by atoms with Crippen molar-refractivity contribution in [2.45, 2.75) is 0 Å². The summed E-state index contributed by atoms with van der Waals surface area (Å²) in [6.07, 6.45) is 4.98. The molecule has 0 saturated heterocycles. The second kappa shape index (κ2) is 8.11. The molecule has 0 N–H and O–H groups in total. The highest BCUT2D eigenvalue weighted by Crippen LogP contribution is 2.34. The maximum atomic E-state index is 12.1. The molecule has 2 nitrogen and oxygen atoms in total. The van der Waals surface area contributed by atoms with Gasteiger partial charge in [0.15, 0.2) is 5.78 Å². The molecule has 112 valence electrons. The lowest BCUT2D eigenvalue weighted by atomic mass is 10.1. The molecule has 0 aromatic heterocycles. The summed E-state index contributed by atoms with van der Waals surface area (Å²) in [5.41, 5.74) is 1.47. The average molecular weight is 422 g/mol. The standard InChI is InChI=1S/C18H14Br2O2/c1-2-10-22-18-14(11-15(19)12-16(18)20)8-9-17(21)13-6-4-3-5-7-13/h2-9,11-12H,1,10H2/b9-8+. The first kappa shape index (κ1) is 16.7. The fourth-order valence-corrected chi connectivity index (χ4v) is 3.24. The Morgan fingerprint density at radius 2 is 1.91 bits per heavy atom. The molecule has 0 radical (unpaired) electrons. The van der Waals surface area contributed by atoms with E-state index in [1.165, 1.54) is 0 Å². The van der Waals surface area contributed by atoms with Crippen LogP contribution in [0.3, 0.4) is 0 Å². The van der Waals surface area contributed by atoms with E-state index >= 15 is 0 Å². The van der Waals surface area contributed by atoms with E-state index in [0.717, 1.165) is 14.5 Å². The summed E-state index contributed by atoms with van der Waals surface area (Å²) in [7, 11) is 0. The Morgan fingerprint density at radius 3 is 2.59 bits per heavy atom. The van der Waals surface area contributed by atoms with Crippen LogP contribution in [0.25, 0.3) is 6.08 Å². The first-order chi connectivity index (χ1) is 10.6. The molecule has 0 unspecified atom stereocenters. The topological polar surface area (TPSA) is 26.3 Å². The highest BCUT2D eigenvalue weighted by molar-refractivity contribution is 9.11. The Bertz CT molecular complexity index is 707. The SMILES string of the molecule is C=CCOc1c(Br)cc(Br)cc1/C=C/C(=O)c1ccccc1. The summed E-state index contributed by atoms with van der Waals surface area (Å²) >= 11 is 6.91. The van der Waals surface area contributed by atoms with Gasteiger partial charge in [0.2, 0.25) is 0 Å². The van der Waals surface area contributed by atoms with Crippen LogP contribution in [-0.4, -0.2) is 12.4 Å². The van der Waals surface area contributed by atoms with E-state index in [-0.39, 0.29) is 5.78 Å². The van der Waals surface area contributed by atoms with Gasteiger partial charge in [0, 0.05) is 15.6 Å². The molecule has 0 aliphatic carbocycles. The zero-order chi connectivity index (χ0) is 15.9. The number of benzene rings is 2. The van der Waals surface area contributed by atoms with E-state index in [4.69, 9.17) is 4.74 Å². The van der Waals surface area contributed by atoms with Gasteiger partial charge in [-0.3, -0.25) is 4.79 Å². The number of allylic oxidation sites excluding steroid dienone is 1. The molecule has 0 fully saturated rings. The summed E-state index contributed by atoms with van der Waals surface area (Å²) in [5, 5.41) is 0. The largest absolute Gasteiger partial charge is 0.488 e. The molecule has 2 aromatic rings. The summed E-state index contributed by atoms with van der Waals surface area (Å²) < 4.78 is 7.38. The van der Waals surface area contributed by atoms with Crippen molar-refractivity contribution in [2.24, 2.45) is 0 Å². The van der Waals surface area contributed by atoms with E-state index < -0.39 is 0 Å². The first-order valence-corrected chi connectivity index (χ1v) is 8.20. The minimum Gasteiger partial charge on any atom is -0.488 e. The Kier molecular flexibility index (Phi) is 6.16. The monoisotopic (exact) mass is 420 g/mol. The quantitative estimate of drug-likeness (QED) is 0.341. The van der Waals surface area contributed by atoms with Gasteiger partial charge >= 0.3 is 0 Å². The maximum absolute atomic E-state index is 12.1. The molecule has 0 amide bonds.